The molecule has 8 heavy (non-hydrogen) atoms. The maximum Gasteiger partial charge on any atom is 0.375 e. The standard InChI is InChI=1S/C4H7BBrNO/c5-8-4-7-3-1-2-6/h4H,1-3H2. The van der Waals surface area contributed by atoms with Gasteiger partial charge in [0.1, 0.15) is 6.40 Å². The molecule has 0 rings (SSSR count). The number of hydrogen-bond donors (Lipinski definition) is 0. The minimum atomic E-state index is 0.766. The van der Waals surface area contributed by atoms with Crippen molar-refractivity contribution in [1.82, 2.24) is 0 Å². The zero-order valence-electron chi connectivity index (χ0n) is 4.51. The van der Waals surface area contributed by atoms with Crippen LogP contribution in [0.1, 0.15) is 6.42 Å². The summed E-state index contributed by atoms with van der Waals surface area (Å²) in [6, 6.07) is 0. The van der Waals surface area contributed by atoms with Gasteiger partial charge in [-0.05, 0) is 6.42 Å². The SMILES string of the molecule is [B]OC=NCCCBr. The monoisotopic (exact) mass is 175 g/mol. The van der Waals surface area contributed by atoms with Crippen molar-refractivity contribution in [1.29, 1.82) is 0 Å². The highest BCUT2D eigenvalue weighted by Crippen LogP contribution is 1.86. The van der Waals surface area contributed by atoms with Gasteiger partial charge in [0, 0.05) is 11.9 Å². The first kappa shape index (κ1) is 8.01. The fourth-order valence-electron chi connectivity index (χ4n) is 0.247. The van der Waals surface area contributed by atoms with E-state index in [2.05, 4.69) is 33.6 Å². The Balaban J connectivity index is 2.80. The second-order valence-electron chi connectivity index (χ2n) is 1.19. The van der Waals surface area contributed by atoms with Crippen LogP contribution < -0.4 is 0 Å². The Kier molecular flexibility index (Phi) is 7.03. The summed E-state index contributed by atoms with van der Waals surface area (Å²) in [4.78, 5) is 3.78. The van der Waals surface area contributed by atoms with Crippen LogP contribution in [0.3, 0.4) is 0 Å². The van der Waals surface area contributed by atoms with Crippen molar-refractivity contribution >= 4 is 30.4 Å². The highest BCUT2D eigenvalue weighted by molar-refractivity contribution is 9.09. The minimum absolute atomic E-state index is 0.766. The molecule has 0 atom stereocenters. The first-order valence-electron chi connectivity index (χ1n) is 2.31. The summed E-state index contributed by atoms with van der Waals surface area (Å²) in [7, 11) is 4.65. The van der Waals surface area contributed by atoms with Crippen LogP contribution >= 0.6 is 15.9 Å². The second kappa shape index (κ2) is 7.01. The van der Waals surface area contributed by atoms with Gasteiger partial charge in [-0.25, -0.2) is 0 Å². The third kappa shape index (κ3) is 6.01. The Morgan fingerprint density at radius 2 is 2.50 bits per heavy atom. The molecule has 0 amide bonds. The van der Waals surface area contributed by atoms with Crippen molar-refractivity contribution in [3.8, 4) is 0 Å². The van der Waals surface area contributed by atoms with Crippen molar-refractivity contribution in [3.63, 3.8) is 0 Å². The van der Waals surface area contributed by atoms with Crippen LogP contribution in [0.4, 0.5) is 0 Å². The normalized spacial score (nSPS) is 10.1. The molecule has 0 N–H and O–H groups in total. The summed E-state index contributed by atoms with van der Waals surface area (Å²) in [6.07, 6.45) is 2.25. The van der Waals surface area contributed by atoms with Gasteiger partial charge in [-0.2, -0.15) is 0 Å². The number of alkyl halides is 1. The third-order valence-corrected chi connectivity index (χ3v) is 1.12. The molecule has 0 aromatic carbocycles. The molecule has 0 aliphatic heterocycles. The fourth-order valence-corrected chi connectivity index (χ4v) is 0.498. The number of nitrogens with zero attached hydrogens (tertiary/aromatic N) is 1. The Morgan fingerprint density at radius 3 is 3.00 bits per heavy atom. The molecule has 0 unspecified atom stereocenters. The average Bonchev–Trinajstić information content (AvgIpc) is 1.81. The van der Waals surface area contributed by atoms with Gasteiger partial charge in [-0.15, -0.1) is 0 Å². The van der Waals surface area contributed by atoms with E-state index in [0.29, 0.717) is 0 Å². The maximum absolute atomic E-state index is 4.65. The first-order chi connectivity index (χ1) is 3.91. The molecule has 0 fully saturated rings. The molecule has 0 spiro atoms. The average molecular weight is 176 g/mol. The number of rotatable bonds is 4. The van der Waals surface area contributed by atoms with Crippen molar-refractivity contribution in [2.24, 2.45) is 4.99 Å². The molecule has 0 aliphatic carbocycles. The lowest BCUT2D eigenvalue weighted by atomic mass is 10.5. The predicted molar refractivity (Wildman–Crippen MR) is 38.6 cm³/mol. The molecule has 0 saturated heterocycles. The van der Waals surface area contributed by atoms with E-state index >= 15 is 0 Å². The van der Waals surface area contributed by atoms with Crippen LogP contribution in [0.5, 0.6) is 0 Å². The molecule has 2 nitrogen and oxygen atoms in total. The summed E-state index contributed by atoms with van der Waals surface area (Å²) in [5, 5.41) is 0.967. The van der Waals surface area contributed by atoms with Gasteiger partial charge in [0.15, 0.2) is 0 Å². The van der Waals surface area contributed by atoms with Gasteiger partial charge < -0.3 is 4.65 Å². The largest absolute Gasteiger partial charge is 0.560 e. The number of halogens is 1. The molecule has 44 valence electrons. The molecule has 0 aromatic rings. The van der Waals surface area contributed by atoms with Gasteiger partial charge in [-0.3, -0.25) is 4.99 Å². The number of aliphatic imine (C=N–C) groups is 1. The van der Waals surface area contributed by atoms with Gasteiger partial charge in [-0.1, -0.05) is 15.9 Å². The van der Waals surface area contributed by atoms with E-state index in [-0.39, 0.29) is 0 Å². The molecule has 0 saturated carbocycles. The highest BCUT2D eigenvalue weighted by Gasteiger charge is 1.76. The smallest absolute Gasteiger partial charge is 0.375 e. The summed E-state index contributed by atoms with van der Waals surface area (Å²) in [6.45, 7) is 0.766. The van der Waals surface area contributed by atoms with E-state index in [0.717, 1.165) is 18.3 Å². The quantitative estimate of drug-likeness (QED) is 0.205. The third-order valence-electron chi connectivity index (χ3n) is 0.556. The van der Waals surface area contributed by atoms with Crippen LogP contribution in [0.15, 0.2) is 4.99 Å². The van der Waals surface area contributed by atoms with Crippen LogP contribution in [0, 0.1) is 0 Å². The van der Waals surface area contributed by atoms with Gasteiger partial charge >= 0.3 is 8.05 Å². The van der Waals surface area contributed by atoms with Crippen molar-refractivity contribution in [2.75, 3.05) is 11.9 Å². The van der Waals surface area contributed by atoms with E-state index in [1.807, 2.05) is 0 Å². The molecule has 0 heterocycles. The molecule has 0 bridgehead atoms. The molecule has 0 aliphatic rings. The van der Waals surface area contributed by atoms with E-state index in [9.17, 15) is 0 Å². The lowest BCUT2D eigenvalue weighted by Gasteiger charge is -1.87. The maximum atomic E-state index is 4.65. The molecule has 0 aromatic heterocycles. The van der Waals surface area contributed by atoms with Crippen LogP contribution in [0.2, 0.25) is 0 Å². The van der Waals surface area contributed by atoms with Crippen LogP contribution in [-0.2, 0) is 4.65 Å². The Bertz CT molecular complexity index is 69.1. The second-order valence-corrected chi connectivity index (χ2v) is 1.98. The summed E-state index contributed by atoms with van der Waals surface area (Å²) in [5.74, 6) is 0. The minimum Gasteiger partial charge on any atom is -0.560 e. The fraction of sp³-hybridized carbons (Fsp3) is 0.750. The van der Waals surface area contributed by atoms with E-state index in [4.69, 9.17) is 0 Å². The van der Waals surface area contributed by atoms with E-state index in [1.54, 1.807) is 0 Å². The Hall–Kier alpha value is 0.0149. The number of hydrogen-bond acceptors (Lipinski definition) is 2. The Labute approximate surface area is 58.9 Å². The van der Waals surface area contributed by atoms with Gasteiger partial charge in [0.25, 0.3) is 0 Å². The molecule has 4 heteroatoms. The van der Waals surface area contributed by atoms with E-state index in [1.165, 1.54) is 6.40 Å². The lowest BCUT2D eigenvalue weighted by Crippen LogP contribution is -1.84. The first-order valence-corrected chi connectivity index (χ1v) is 3.43. The molecular weight excluding hydrogens is 169 g/mol. The molecule has 2 radical (unpaired) electrons. The summed E-state index contributed by atoms with van der Waals surface area (Å²) >= 11 is 3.26. The van der Waals surface area contributed by atoms with E-state index < -0.39 is 0 Å². The topological polar surface area (TPSA) is 21.6 Å². The summed E-state index contributed by atoms with van der Waals surface area (Å²) < 4.78 is 4.08. The van der Waals surface area contributed by atoms with Crippen LogP contribution in [-0.4, -0.2) is 26.3 Å². The van der Waals surface area contributed by atoms with Crippen LogP contribution in [0.25, 0.3) is 0 Å². The van der Waals surface area contributed by atoms with Crippen molar-refractivity contribution in [2.45, 2.75) is 6.42 Å². The Morgan fingerprint density at radius 1 is 1.75 bits per heavy atom. The zero-order valence-corrected chi connectivity index (χ0v) is 6.10. The van der Waals surface area contributed by atoms with Gasteiger partial charge in [0.05, 0.1) is 0 Å². The van der Waals surface area contributed by atoms with Gasteiger partial charge in [0.2, 0.25) is 0 Å². The van der Waals surface area contributed by atoms with Crippen molar-refractivity contribution in [3.05, 3.63) is 0 Å². The zero-order chi connectivity index (χ0) is 6.24. The molecular formula is C4H7BBrNO. The van der Waals surface area contributed by atoms with Crippen molar-refractivity contribution < 1.29 is 4.65 Å². The summed E-state index contributed by atoms with van der Waals surface area (Å²) in [5.41, 5.74) is 0. The highest BCUT2D eigenvalue weighted by atomic mass is 79.9. The lowest BCUT2D eigenvalue weighted by molar-refractivity contribution is 0.634. The predicted octanol–water partition coefficient (Wildman–Crippen LogP) is 0.900.